The van der Waals surface area contributed by atoms with Gasteiger partial charge in [0.25, 0.3) is 0 Å². The topological polar surface area (TPSA) is 18.5 Å². The Morgan fingerprint density at radius 2 is 1.82 bits per heavy atom. The predicted molar refractivity (Wildman–Crippen MR) is 71.2 cm³/mol. The molecule has 3 saturated heterocycles. The molecule has 3 rings (SSSR count). The largest absolute Gasteiger partial charge is 0.315 e. The van der Waals surface area contributed by atoms with Crippen molar-refractivity contribution in [2.45, 2.75) is 63.2 Å². The number of nitrogens with one attached hydrogen (secondary N) is 1. The molecule has 0 aromatic carbocycles. The lowest BCUT2D eigenvalue weighted by molar-refractivity contribution is 0.0564. The molecule has 0 aliphatic carbocycles. The van der Waals surface area contributed by atoms with Crippen LogP contribution in [0.1, 0.15) is 39.0 Å². The van der Waals surface area contributed by atoms with Gasteiger partial charge in [0, 0.05) is 30.7 Å². The molecule has 3 unspecified atom stereocenters. The lowest BCUT2D eigenvalue weighted by Crippen LogP contribution is -2.52. The van der Waals surface area contributed by atoms with Gasteiger partial charge in [-0.3, -0.25) is 4.90 Å². The quantitative estimate of drug-likeness (QED) is 0.798. The fraction of sp³-hybridized carbons (Fsp3) is 1.00. The molecule has 0 aromatic rings. The molecular formula is C14H27N3. The zero-order valence-corrected chi connectivity index (χ0v) is 11.4. The van der Waals surface area contributed by atoms with Crippen LogP contribution in [0.25, 0.3) is 0 Å². The van der Waals surface area contributed by atoms with Crippen molar-refractivity contribution in [3.05, 3.63) is 0 Å². The van der Waals surface area contributed by atoms with Crippen molar-refractivity contribution in [3.63, 3.8) is 0 Å². The Kier molecular flexibility index (Phi) is 3.42. The summed E-state index contributed by atoms with van der Waals surface area (Å²) >= 11 is 0. The van der Waals surface area contributed by atoms with Crippen LogP contribution in [0.3, 0.4) is 0 Å². The van der Waals surface area contributed by atoms with Crippen molar-refractivity contribution in [2.75, 3.05) is 26.7 Å². The summed E-state index contributed by atoms with van der Waals surface area (Å²) in [5.41, 5.74) is 0. The molecule has 0 radical (unpaired) electrons. The second-order valence-electron chi connectivity index (χ2n) is 6.15. The molecule has 3 nitrogen and oxygen atoms in total. The summed E-state index contributed by atoms with van der Waals surface area (Å²) in [6.45, 7) is 6.02. The summed E-state index contributed by atoms with van der Waals surface area (Å²) in [5.74, 6) is 0. The first-order chi connectivity index (χ1) is 8.29. The van der Waals surface area contributed by atoms with E-state index in [4.69, 9.17) is 0 Å². The van der Waals surface area contributed by atoms with E-state index in [0.29, 0.717) is 0 Å². The average Bonchev–Trinajstić information content (AvgIpc) is 2.88. The Bertz CT molecular complexity index is 248. The molecule has 1 N–H and O–H groups in total. The first-order valence-electron chi connectivity index (χ1n) is 7.48. The second-order valence-corrected chi connectivity index (χ2v) is 6.15. The minimum Gasteiger partial charge on any atom is -0.315 e. The first-order valence-corrected chi connectivity index (χ1v) is 7.48. The second kappa shape index (κ2) is 4.87. The molecular weight excluding hydrogens is 210 g/mol. The fourth-order valence-electron chi connectivity index (χ4n) is 4.39. The summed E-state index contributed by atoms with van der Waals surface area (Å²) in [6, 6.07) is 3.43. The van der Waals surface area contributed by atoms with E-state index >= 15 is 0 Å². The van der Waals surface area contributed by atoms with Crippen LogP contribution in [0.5, 0.6) is 0 Å². The molecule has 0 amide bonds. The van der Waals surface area contributed by atoms with Crippen LogP contribution in [0.15, 0.2) is 0 Å². The minimum absolute atomic E-state index is 0.813. The highest BCUT2D eigenvalue weighted by atomic mass is 15.3. The van der Waals surface area contributed by atoms with Crippen molar-refractivity contribution in [1.82, 2.24) is 15.1 Å². The van der Waals surface area contributed by atoms with Crippen molar-refractivity contribution < 1.29 is 0 Å². The van der Waals surface area contributed by atoms with E-state index in [9.17, 15) is 0 Å². The molecule has 0 aromatic heterocycles. The molecule has 3 heteroatoms. The van der Waals surface area contributed by atoms with Crippen LogP contribution in [0, 0.1) is 0 Å². The Balaban J connectivity index is 1.67. The molecule has 3 aliphatic rings. The Hall–Kier alpha value is -0.120. The molecule has 3 heterocycles. The molecule has 0 spiro atoms. The normalized spacial score (nSPS) is 42.5. The van der Waals surface area contributed by atoms with E-state index in [2.05, 4.69) is 29.1 Å². The van der Waals surface area contributed by atoms with Crippen LogP contribution in [0.2, 0.25) is 0 Å². The van der Waals surface area contributed by atoms with E-state index in [1.165, 1.54) is 51.7 Å². The maximum Gasteiger partial charge on any atom is 0.0235 e. The molecule has 3 fully saturated rings. The van der Waals surface area contributed by atoms with Gasteiger partial charge in [-0.2, -0.15) is 0 Å². The maximum atomic E-state index is 3.52. The number of hydrogen-bond donors (Lipinski definition) is 1. The van der Waals surface area contributed by atoms with Crippen molar-refractivity contribution in [2.24, 2.45) is 0 Å². The van der Waals surface area contributed by atoms with Crippen LogP contribution < -0.4 is 5.32 Å². The van der Waals surface area contributed by atoms with Crippen LogP contribution in [-0.4, -0.2) is 60.6 Å². The SMILES string of the molecule is CCN(C1CCNC1)C1CC2CCC(C1)N2C. The predicted octanol–water partition coefficient (Wildman–Crippen LogP) is 1.30. The Morgan fingerprint density at radius 3 is 2.35 bits per heavy atom. The van der Waals surface area contributed by atoms with Crippen LogP contribution in [0.4, 0.5) is 0 Å². The monoisotopic (exact) mass is 237 g/mol. The van der Waals surface area contributed by atoms with E-state index < -0.39 is 0 Å². The third-order valence-corrected chi connectivity index (χ3v) is 5.41. The summed E-state index contributed by atoms with van der Waals surface area (Å²) in [7, 11) is 2.34. The third kappa shape index (κ3) is 2.13. The van der Waals surface area contributed by atoms with Crippen molar-refractivity contribution in [1.29, 1.82) is 0 Å². The number of nitrogens with zero attached hydrogens (tertiary/aromatic N) is 2. The standard InChI is InChI=1S/C14H27N3/c1-3-17(13-6-7-15-10-13)14-8-11-4-5-12(9-14)16(11)2/h11-15H,3-10H2,1-2H3. The fourth-order valence-corrected chi connectivity index (χ4v) is 4.39. The summed E-state index contributed by atoms with van der Waals surface area (Å²) < 4.78 is 0. The molecule has 0 saturated carbocycles. The molecule has 98 valence electrons. The third-order valence-electron chi connectivity index (χ3n) is 5.41. The van der Waals surface area contributed by atoms with Gasteiger partial charge in [0.05, 0.1) is 0 Å². The first kappa shape index (κ1) is 11.9. The highest BCUT2D eigenvalue weighted by Gasteiger charge is 2.41. The highest BCUT2D eigenvalue weighted by Crippen LogP contribution is 2.37. The van der Waals surface area contributed by atoms with E-state index in [0.717, 1.165) is 24.2 Å². The maximum absolute atomic E-state index is 3.52. The van der Waals surface area contributed by atoms with Gasteiger partial charge in [-0.25, -0.2) is 0 Å². The average molecular weight is 237 g/mol. The van der Waals surface area contributed by atoms with Gasteiger partial charge >= 0.3 is 0 Å². The summed E-state index contributed by atoms with van der Waals surface area (Å²) in [6.07, 6.45) is 7.07. The smallest absolute Gasteiger partial charge is 0.0235 e. The molecule has 3 aliphatic heterocycles. The van der Waals surface area contributed by atoms with Crippen LogP contribution >= 0.6 is 0 Å². The molecule has 17 heavy (non-hydrogen) atoms. The number of fused-ring (bicyclic) bond motifs is 2. The van der Waals surface area contributed by atoms with E-state index in [1.807, 2.05) is 0 Å². The van der Waals surface area contributed by atoms with Gasteiger partial charge in [-0.05, 0) is 52.2 Å². The van der Waals surface area contributed by atoms with Gasteiger partial charge in [0.1, 0.15) is 0 Å². The van der Waals surface area contributed by atoms with Gasteiger partial charge in [0.2, 0.25) is 0 Å². The van der Waals surface area contributed by atoms with Crippen molar-refractivity contribution >= 4 is 0 Å². The van der Waals surface area contributed by atoms with Gasteiger partial charge in [-0.1, -0.05) is 6.92 Å². The number of hydrogen-bond acceptors (Lipinski definition) is 3. The lowest BCUT2D eigenvalue weighted by Gasteiger charge is -2.43. The molecule has 2 bridgehead atoms. The number of likely N-dealkylation sites (N-methyl/N-ethyl adjacent to an activating group) is 1. The molecule has 3 atom stereocenters. The van der Waals surface area contributed by atoms with Crippen molar-refractivity contribution in [3.8, 4) is 0 Å². The van der Waals surface area contributed by atoms with Crippen LogP contribution in [-0.2, 0) is 0 Å². The zero-order valence-electron chi connectivity index (χ0n) is 11.4. The van der Waals surface area contributed by atoms with E-state index in [1.54, 1.807) is 0 Å². The summed E-state index contributed by atoms with van der Waals surface area (Å²) in [5, 5.41) is 3.52. The Morgan fingerprint density at radius 1 is 1.12 bits per heavy atom. The van der Waals surface area contributed by atoms with Gasteiger partial charge in [0.15, 0.2) is 0 Å². The highest BCUT2D eigenvalue weighted by molar-refractivity contribution is 4.98. The van der Waals surface area contributed by atoms with E-state index in [-0.39, 0.29) is 0 Å². The summed E-state index contributed by atoms with van der Waals surface area (Å²) in [4.78, 5) is 5.45. The minimum atomic E-state index is 0.813. The van der Waals surface area contributed by atoms with Gasteiger partial charge in [-0.15, -0.1) is 0 Å². The van der Waals surface area contributed by atoms with Gasteiger partial charge < -0.3 is 10.2 Å². The lowest BCUT2D eigenvalue weighted by atomic mass is 9.95. The number of rotatable bonds is 3. The zero-order chi connectivity index (χ0) is 11.8. The Labute approximate surface area is 106 Å². The number of piperidine rings is 1.